The molecule has 7 heteroatoms. The first-order valence-corrected chi connectivity index (χ1v) is 8.22. The molecule has 0 bridgehead atoms. The molecular formula is C16H15Cl2NO3S. The van der Waals surface area contributed by atoms with Crippen LogP contribution in [-0.4, -0.2) is 20.1 Å². The van der Waals surface area contributed by atoms with Crippen LogP contribution in [0.15, 0.2) is 30.3 Å². The Bertz CT molecular complexity index is 728. The first kappa shape index (κ1) is 17.7. The quantitative estimate of drug-likeness (QED) is 0.765. The Morgan fingerprint density at radius 1 is 1.26 bits per heavy atom. The van der Waals surface area contributed by atoms with Crippen LogP contribution < -0.4 is 14.8 Å². The molecule has 0 saturated carbocycles. The molecule has 0 saturated heterocycles. The molecule has 122 valence electrons. The van der Waals surface area contributed by atoms with Crippen LogP contribution in [0.25, 0.3) is 6.08 Å². The molecule has 23 heavy (non-hydrogen) atoms. The van der Waals surface area contributed by atoms with Gasteiger partial charge in [0.25, 0.3) is 0 Å². The molecule has 0 radical (unpaired) electrons. The van der Waals surface area contributed by atoms with Gasteiger partial charge >= 0.3 is 0 Å². The summed E-state index contributed by atoms with van der Waals surface area (Å²) in [4.78, 5) is 12.8. The fraction of sp³-hybridized carbons (Fsp3) is 0.188. The second-order valence-corrected chi connectivity index (χ2v) is 6.70. The van der Waals surface area contributed by atoms with E-state index in [1.807, 2.05) is 6.07 Å². The number of hydrogen-bond acceptors (Lipinski definition) is 4. The van der Waals surface area contributed by atoms with Crippen LogP contribution in [0.5, 0.6) is 11.5 Å². The number of nitrogens with one attached hydrogen (secondary N) is 1. The van der Waals surface area contributed by atoms with E-state index >= 15 is 0 Å². The number of methoxy groups -OCH3 is 2. The Kier molecular flexibility index (Phi) is 6.33. The number of benzene rings is 1. The van der Waals surface area contributed by atoms with Crippen LogP contribution >= 0.6 is 34.5 Å². The van der Waals surface area contributed by atoms with Gasteiger partial charge in [-0.15, -0.1) is 11.3 Å². The lowest BCUT2D eigenvalue weighted by Gasteiger charge is -2.10. The number of ether oxygens (including phenoxy) is 2. The summed E-state index contributed by atoms with van der Waals surface area (Å²) >= 11 is 13.4. The minimum atomic E-state index is -0.208. The van der Waals surface area contributed by atoms with Crippen molar-refractivity contribution < 1.29 is 14.3 Å². The zero-order chi connectivity index (χ0) is 16.8. The molecule has 1 amide bonds. The number of rotatable bonds is 6. The van der Waals surface area contributed by atoms with Gasteiger partial charge in [0, 0.05) is 11.0 Å². The summed E-state index contributed by atoms with van der Waals surface area (Å²) in [6.45, 7) is 0.438. The molecule has 0 aliphatic carbocycles. The van der Waals surface area contributed by atoms with Crippen molar-refractivity contribution in [1.29, 1.82) is 0 Å². The van der Waals surface area contributed by atoms with E-state index in [0.717, 1.165) is 10.4 Å². The predicted molar refractivity (Wildman–Crippen MR) is 94.8 cm³/mol. The molecule has 1 aromatic carbocycles. The van der Waals surface area contributed by atoms with Crippen molar-refractivity contribution in [1.82, 2.24) is 5.32 Å². The van der Waals surface area contributed by atoms with E-state index in [-0.39, 0.29) is 5.91 Å². The highest BCUT2D eigenvalue weighted by molar-refractivity contribution is 7.16. The van der Waals surface area contributed by atoms with Crippen molar-refractivity contribution in [3.8, 4) is 11.5 Å². The van der Waals surface area contributed by atoms with Crippen molar-refractivity contribution in [3.05, 3.63) is 50.1 Å². The van der Waals surface area contributed by atoms with Crippen LogP contribution in [-0.2, 0) is 11.3 Å². The van der Waals surface area contributed by atoms with Crippen LogP contribution in [0.1, 0.15) is 10.4 Å². The van der Waals surface area contributed by atoms with Gasteiger partial charge in [0.15, 0.2) is 11.5 Å². The topological polar surface area (TPSA) is 47.6 Å². The number of amides is 1. The number of carbonyl (C=O) groups is 1. The number of carbonyl (C=O) groups excluding carboxylic acids is 1. The van der Waals surface area contributed by atoms with Gasteiger partial charge in [0.05, 0.1) is 30.1 Å². The van der Waals surface area contributed by atoms with E-state index in [2.05, 4.69) is 5.32 Å². The van der Waals surface area contributed by atoms with Crippen LogP contribution in [0, 0.1) is 0 Å². The van der Waals surface area contributed by atoms with E-state index < -0.39 is 0 Å². The maximum Gasteiger partial charge on any atom is 0.244 e. The van der Waals surface area contributed by atoms with E-state index in [1.165, 1.54) is 31.6 Å². The third-order valence-electron chi connectivity index (χ3n) is 2.95. The fourth-order valence-corrected chi connectivity index (χ4v) is 3.21. The Hall–Kier alpha value is -1.69. The third kappa shape index (κ3) is 4.89. The maximum absolute atomic E-state index is 11.8. The molecule has 4 nitrogen and oxygen atoms in total. The standard InChI is InChI=1S/C16H15Cl2NO3S/c1-21-13-8-10(7-12(17)16(13)22-2)3-6-15(20)19-9-11-4-5-14(18)23-11/h3-8H,9H2,1-2H3,(H,19,20)/b6-3+. The minimum Gasteiger partial charge on any atom is -0.493 e. The normalized spacial score (nSPS) is 10.8. The second-order valence-electron chi connectivity index (χ2n) is 4.50. The molecule has 0 unspecified atom stereocenters. The highest BCUT2D eigenvalue weighted by atomic mass is 35.5. The summed E-state index contributed by atoms with van der Waals surface area (Å²) in [6, 6.07) is 7.12. The van der Waals surface area contributed by atoms with Gasteiger partial charge in [-0.25, -0.2) is 0 Å². The highest BCUT2D eigenvalue weighted by Crippen LogP contribution is 2.36. The summed E-state index contributed by atoms with van der Waals surface area (Å²) in [7, 11) is 3.05. The van der Waals surface area contributed by atoms with Crippen LogP contribution in [0.4, 0.5) is 0 Å². The average Bonchev–Trinajstić information content (AvgIpc) is 2.95. The van der Waals surface area contributed by atoms with E-state index in [9.17, 15) is 4.79 Å². The van der Waals surface area contributed by atoms with Gasteiger partial charge in [-0.2, -0.15) is 0 Å². The van der Waals surface area contributed by atoms with Crippen molar-refractivity contribution in [2.24, 2.45) is 0 Å². The zero-order valence-electron chi connectivity index (χ0n) is 12.6. The van der Waals surface area contributed by atoms with Gasteiger partial charge in [0.1, 0.15) is 0 Å². The Labute approximate surface area is 148 Å². The lowest BCUT2D eigenvalue weighted by molar-refractivity contribution is -0.116. The molecule has 1 aromatic heterocycles. The Morgan fingerprint density at radius 2 is 2.04 bits per heavy atom. The summed E-state index contributed by atoms with van der Waals surface area (Å²) in [5.41, 5.74) is 0.738. The van der Waals surface area contributed by atoms with Gasteiger partial charge < -0.3 is 14.8 Å². The number of halogens is 2. The molecular weight excluding hydrogens is 357 g/mol. The van der Waals surface area contributed by atoms with Gasteiger partial charge in [-0.3, -0.25) is 4.79 Å². The molecule has 1 heterocycles. The van der Waals surface area contributed by atoms with Crippen molar-refractivity contribution in [3.63, 3.8) is 0 Å². The van der Waals surface area contributed by atoms with Gasteiger partial charge in [-0.1, -0.05) is 23.2 Å². The molecule has 1 N–H and O–H groups in total. The number of hydrogen-bond donors (Lipinski definition) is 1. The molecule has 0 aliphatic rings. The lowest BCUT2D eigenvalue weighted by atomic mass is 10.2. The smallest absolute Gasteiger partial charge is 0.244 e. The molecule has 0 atom stereocenters. The fourth-order valence-electron chi connectivity index (χ4n) is 1.89. The number of thiophene rings is 1. The molecule has 0 fully saturated rings. The monoisotopic (exact) mass is 371 g/mol. The first-order chi connectivity index (χ1) is 11.0. The molecule has 2 aromatic rings. The molecule has 2 rings (SSSR count). The second kappa shape index (κ2) is 8.24. The highest BCUT2D eigenvalue weighted by Gasteiger charge is 2.09. The average molecular weight is 372 g/mol. The lowest BCUT2D eigenvalue weighted by Crippen LogP contribution is -2.19. The summed E-state index contributed by atoms with van der Waals surface area (Å²) in [6.07, 6.45) is 3.09. The SMILES string of the molecule is COc1cc(/C=C/C(=O)NCc2ccc(Cl)s2)cc(Cl)c1OC. The van der Waals surface area contributed by atoms with Gasteiger partial charge in [-0.05, 0) is 35.9 Å². The third-order valence-corrected chi connectivity index (χ3v) is 4.46. The Balaban J connectivity index is 2.01. The predicted octanol–water partition coefficient (Wildman–Crippen LogP) is 4.40. The first-order valence-electron chi connectivity index (χ1n) is 6.65. The van der Waals surface area contributed by atoms with Crippen molar-refractivity contribution in [2.75, 3.05) is 14.2 Å². The van der Waals surface area contributed by atoms with Crippen LogP contribution in [0.3, 0.4) is 0 Å². The Morgan fingerprint density at radius 3 is 2.65 bits per heavy atom. The van der Waals surface area contributed by atoms with Crippen molar-refractivity contribution >= 4 is 46.5 Å². The van der Waals surface area contributed by atoms with Gasteiger partial charge in [0.2, 0.25) is 5.91 Å². The molecule has 0 spiro atoms. The molecule has 0 aliphatic heterocycles. The minimum absolute atomic E-state index is 0.208. The zero-order valence-corrected chi connectivity index (χ0v) is 14.9. The van der Waals surface area contributed by atoms with Crippen molar-refractivity contribution in [2.45, 2.75) is 6.54 Å². The van der Waals surface area contributed by atoms with E-state index in [0.29, 0.717) is 27.4 Å². The summed E-state index contributed by atoms with van der Waals surface area (Å²) < 4.78 is 11.1. The summed E-state index contributed by atoms with van der Waals surface area (Å²) in [5.74, 6) is 0.763. The van der Waals surface area contributed by atoms with Crippen LogP contribution in [0.2, 0.25) is 9.36 Å². The maximum atomic E-state index is 11.8. The van der Waals surface area contributed by atoms with E-state index in [4.69, 9.17) is 32.7 Å². The van der Waals surface area contributed by atoms with E-state index in [1.54, 1.807) is 24.3 Å². The largest absolute Gasteiger partial charge is 0.493 e. The summed E-state index contributed by atoms with van der Waals surface area (Å²) in [5, 5.41) is 3.20.